The Morgan fingerprint density at radius 1 is 1.21 bits per heavy atom. The molecule has 1 aromatic carbocycles. The van der Waals surface area contributed by atoms with E-state index in [4.69, 9.17) is 0 Å². The third-order valence-electron chi connectivity index (χ3n) is 3.64. The molecule has 7 heteroatoms. The normalized spacial score (nSPS) is 10.7. The van der Waals surface area contributed by atoms with Crippen LogP contribution in [0.2, 0.25) is 0 Å². The lowest BCUT2D eigenvalue weighted by Crippen LogP contribution is -2.27. The van der Waals surface area contributed by atoms with E-state index < -0.39 is 0 Å². The van der Waals surface area contributed by atoms with E-state index >= 15 is 0 Å². The molecule has 0 fully saturated rings. The van der Waals surface area contributed by atoms with Crippen LogP contribution in [0.15, 0.2) is 47.8 Å². The van der Waals surface area contributed by atoms with Crippen LogP contribution < -0.4 is 10.9 Å². The van der Waals surface area contributed by atoms with Gasteiger partial charge in [-0.2, -0.15) is 0 Å². The highest BCUT2D eigenvalue weighted by Crippen LogP contribution is 2.04. The van der Waals surface area contributed by atoms with Crippen LogP contribution in [-0.4, -0.2) is 25.4 Å². The Kier molecular flexibility index (Phi) is 4.60. The number of benzene rings is 1. The maximum atomic E-state index is 12.3. The van der Waals surface area contributed by atoms with Crippen molar-refractivity contribution >= 4 is 16.8 Å². The smallest absolute Gasteiger partial charge is 0.261 e. The molecule has 0 saturated heterocycles. The minimum absolute atomic E-state index is 0.139. The van der Waals surface area contributed by atoms with Crippen molar-refractivity contribution in [3.8, 4) is 0 Å². The van der Waals surface area contributed by atoms with Crippen LogP contribution in [-0.2, 0) is 17.9 Å². The summed E-state index contributed by atoms with van der Waals surface area (Å²) in [4.78, 5) is 36.6. The molecule has 0 bridgehead atoms. The molecule has 0 unspecified atom stereocenters. The number of hydrogen-bond donors (Lipinski definition) is 1. The van der Waals surface area contributed by atoms with E-state index in [2.05, 4.69) is 20.3 Å². The standard InChI is InChI=1S/C17H17N5O2/c1-12-8-13(20-10-19-12)9-18-16(23)6-7-22-11-21-15-5-3-2-4-14(15)17(22)24/h2-5,8,10-11H,6-7,9H2,1H3,(H,18,23). The Bertz CT molecular complexity index is 935. The van der Waals surface area contributed by atoms with E-state index in [0.29, 0.717) is 17.4 Å². The van der Waals surface area contributed by atoms with Crippen LogP contribution in [0.5, 0.6) is 0 Å². The third-order valence-corrected chi connectivity index (χ3v) is 3.64. The van der Waals surface area contributed by atoms with Gasteiger partial charge in [0.05, 0.1) is 29.5 Å². The van der Waals surface area contributed by atoms with Crippen molar-refractivity contribution in [2.24, 2.45) is 0 Å². The first kappa shape index (κ1) is 15.8. The predicted molar refractivity (Wildman–Crippen MR) is 89.2 cm³/mol. The number of aromatic nitrogens is 4. The van der Waals surface area contributed by atoms with Crippen molar-refractivity contribution in [3.05, 3.63) is 64.7 Å². The van der Waals surface area contributed by atoms with Crippen LogP contribution in [0.25, 0.3) is 10.9 Å². The van der Waals surface area contributed by atoms with Crippen LogP contribution in [0.3, 0.4) is 0 Å². The molecule has 1 N–H and O–H groups in total. The summed E-state index contributed by atoms with van der Waals surface area (Å²) in [5, 5.41) is 3.34. The molecular formula is C17H17N5O2. The van der Waals surface area contributed by atoms with Crippen LogP contribution in [0.4, 0.5) is 0 Å². The van der Waals surface area contributed by atoms with Gasteiger partial charge in [-0.15, -0.1) is 0 Å². The van der Waals surface area contributed by atoms with Gasteiger partial charge in [-0.3, -0.25) is 14.2 Å². The second-order valence-corrected chi connectivity index (χ2v) is 5.44. The lowest BCUT2D eigenvalue weighted by Gasteiger charge is -2.07. The van der Waals surface area contributed by atoms with E-state index in [1.807, 2.05) is 19.1 Å². The summed E-state index contributed by atoms with van der Waals surface area (Å²) >= 11 is 0. The predicted octanol–water partition coefficient (Wildman–Crippen LogP) is 1.20. The highest BCUT2D eigenvalue weighted by Gasteiger charge is 2.06. The average Bonchev–Trinajstić information content (AvgIpc) is 2.60. The SMILES string of the molecule is Cc1cc(CNC(=O)CCn2cnc3ccccc3c2=O)ncn1. The Labute approximate surface area is 138 Å². The van der Waals surface area contributed by atoms with Gasteiger partial charge >= 0.3 is 0 Å². The van der Waals surface area contributed by atoms with Gasteiger partial charge in [0.1, 0.15) is 6.33 Å². The molecule has 0 atom stereocenters. The highest BCUT2D eigenvalue weighted by molar-refractivity contribution is 5.77. The van der Waals surface area contributed by atoms with Gasteiger partial charge in [-0.25, -0.2) is 15.0 Å². The number of amides is 1. The molecule has 0 saturated carbocycles. The Morgan fingerprint density at radius 2 is 2.04 bits per heavy atom. The van der Waals surface area contributed by atoms with Crippen molar-refractivity contribution in [1.29, 1.82) is 0 Å². The van der Waals surface area contributed by atoms with Crippen LogP contribution in [0, 0.1) is 6.92 Å². The summed E-state index contributed by atoms with van der Waals surface area (Å²) in [5.41, 5.74) is 2.12. The van der Waals surface area contributed by atoms with Gasteiger partial charge < -0.3 is 5.32 Å². The molecule has 2 heterocycles. The fourth-order valence-corrected chi connectivity index (χ4v) is 2.37. The second-order valence-electron chi connectivity index (χ2n) is 5.44. The fourth-order valence-electron chi connectivity index (χ4n) is 2.37. The average molecular weight is 323 g/mol. The van der Waals surface area contributed by atoms with Gasteiger partial charge in [0.25, 0.3) is 5.56 Å². The topological polar surface area (TPSA) is 89.8 Å². The van der Waals surface area contributed by atoms with Crippen LogP contribution in [0.1, 0.15) is 17.8 Å². The van der Waals surface area contributed by atoms with Crippen molar-refractivity contribution in [1.82, 2.24) is 24.8 Å². The molecule has 122 valence electrons. The Morgan fingerprint density at radius 3 is 2.88 bits per heavy atom. The van der Waals surface area contributed by atoms with Gasteiger partial charge in [0, 0.05) is 18.7 Å². The minimum atomic E-state index is -0.147. The quantitative estimate of drug-likeness (QED) is 0.762. The number of nitrogens with zero attached hydrogens (tertiary/aromatic N) is 4. The number of carbonyl (C=O) groups excluding carboxylic acids is 1. The molecule has 0 radical (unpaired) electrons. The zero-order valence-corrected chi connectivity index (χ0v) is 13.3. The monoisotopic (exact) mass is 323 g/mol. The number of rotatable bonds is 5. The molecular weight excluding hydrogens is 306 g/mol. The largest absolute Gasteiger partial charge is 0.350 e. The van der Waals surface area contributed by atoms with Gasteiger partial charge in [0.15, 0.2) is 0 Å². The molecule has 0 aliphatic heterocycles. The number of aryl methyl sites for hydroxylation is 2. The molecule has 24 heavy (non-hydrogen) atoms. The number of hydrogen-bond acceptors (Lipinski definition) is 5. The molecule has 0 aliphatic rings. The zero-order valence-electron chi connectivity index (χ0n) is 13.3. The lowest BCUT2D eigenvalue weighted by atomic mass is 10.2. The van der Waals surface area contributed by atoms with E-state index in [1.165, 1.54) is 17.2 Å². The molecule has 1 amide bonds. The van der Waals surface area contributed by atoms with Crippen molar-refractivity contribution in [2.45, 2.75) is 26.4 Å². The van der Waals surface area contributed by atoms with Gasteiger partial charge in [-0.05, 0) is 25.1 Å². The van der Waals surface area contributed by atoms with Crippen molar-refractivity contribution < 1.29 is 4.79 Å². The van der Waals surface area contributed by atoms with Crippen LogP contribution >= 0.6 is 0 Å². The second kappa shape index (κ2) is 6.99. The number of fused-ring (bicyclic) bond motifs is 1. The van der Waals surface area contributed by atoms with Crippen molar-refractivity contribution in [2.75, 3.05) is 0 Å². The Balaban J connectivity index is 1.60. The number of carbonyl (C=O) groups is 1. The zero-order chi connectivity index (χ0) is 16.9. The van der Waals surface area contributed by atoms with E-state index in [1.54, 1.807) is 18.2 Å². The first-order chi connectivity index (χ1) is 11.6. The van der Waals surface area contributed by atoms with Gasteiger partial charge in [0.2, 0.25) is 5.91 Å². The summed E-state index contributed by atoms with van der Waals surface area (Å²) in [6.07, 6.45) is 3.15. The van der Waals surface area contributed by atoms with Crippen molar-refractivity contribution in [3.63, 3.8) is 0 Å². The fraction of sp³-hybridized carbons (Fsp3) is 0.235. The maximum absolute atomic E-state index is 12.3. The first-order valence-electron chi connectivity index (χ1n) is 7.62. The molecule has 0 spiro atoms. The summed E-state index contributed by atoms with van der Waals surface area (Å²) in [6.45, 7) is 2.49. The lowest BCUT2D eigenvalue weighted by molar-refractivity contribution is -0.121. The summed E-state index contributed by atoms with van der Waals surface area (Å²) in [6, 6.07) is 8.97. The molecule has 7 nitrogen and oxygen atoms in total. The highest BCUT2D eigenvalue weighted by atomic mass is 16.1. The third kappa shape index (κ3) is 3.62. The first-order valence-corrected chi connectivity index (χ1v) is 7.62. The van der Waals surface area contributed by atoms with Gasteiger partial charge in [-0.1, -0.05) is 12.1 Å². The molecule has 0 aliphatic carbocycles. The molecule has 2 aromatic heterocycles. The number of para-hydroxylation sites is 1. The number of nitrogens with one attached hydrogen (secondary N) is 1. The molecule has 3 aromatic rings. The summed E-state index contributed by atoms with van der Waals surface area (Å²) < 4.78 is 1.46. The van der Waals surface area contributed by atoms with E-state index in [9.17, 15) is 9.59 Å². The Hall–Kier alpha value is -3.09. The minimum Gasteiger partial charge on any atom is -0.350 e. The van der Waals surface area contributed by atoms with E-state index in [-0.39, 0.29) is 24.4 Å². The summed E-state index contributed by atoms with van der Waals surface area (Å²) in [7, 11) is 0. The molecule has 3 rings (SSSR count). The summed E-state index contributed by atoms with van der Waals surface area (Å²) in [5.74, 6) is -0.147. The maximum Gasteiger partial charge on any atom is 0.261 e. The van der Waals surface area contributed by atoms with E-state index in [0.717, 1.165) is 11.4 Å².